The highest BCUT2D eigenvalue weighted by molar-refractivity contribution is 5.49. The Hall–Kier alpha value is -1.13. The van der Waals surface area contributed by atoms with Gasteiger partial charge in [-0.15, -0.1) is 0 Å². The van der Waals surface area contributed by atoms with Gasteiger partial charge in [0, 0.05) is 31.8 Å². The molecule has 1 saturated heterocycles. The molecule has 1 heterocycles. The first-order valence-electron chi connectivity index (χ1n) is 6.95. The number of anilines is 1. The minimum Gasteiger partial charge on any atom is -0.396 e. The second kappa shape index (κ2) is 6.35. The molecule has 0 saturated carbocycles. The molecule has 3 nitrogen and oxygen atoms in total. The molecule has 1 aliphatic heterocycles. The fraction of sp³-hybridized carbons (Fsp3) is 0.600. The van der Waals surface area contributed by atoms with E-state index in [4.69, 9.17) is 0 Å². The number of halogens is 1. The molecule has 1 N–H and O–H groups in total. The molecule has 0 spiro atoms. The average Bonchev–Trinajstić information content (AvgIpc) is 2.52. The highest BCUT2D eigenvalue weighted by Gasteiger charge is 2.27. The number of para-hydroxylation sites is 1. The molecule has 1 aliphatic rings. The normalized spacial score (nSPS) is 25.4. The molecule has 0 aliphatic carbocycles. The predicted molar refractivity (Wildman–Crippen MR) is 75.9 cm³/mol. The van der Waals surface area contributed by atoms with Crippen LogP contribution in [0.15, 0.2) is 24.3 Å². The fourth-order valence-electron chi connectivity index (χ4n) is 2.74. The first-order valence-corrected chi connectivity index (χ1v) is 6.95. The Kier molecular flexibility index (Phi) is 4.77. The van der Waals surface area contributed by atoms with Gasteiger partial charge in [-0.2, -0.15) is 0 Å². The Bertz CT molecular complexity index is 413. The molecular formula is C15H23FN2O. The number of likely N-dealkylation sites (N-methyl/N-ethyl adjacent to an activating group) is 1. The summed E-state index contributed by atoms with van der Waals surface area (Å²) in [5, 5.41) is 9.26. The smallest absolute Gasteiger partial charge is 0.146 e. The monoisotopic (exact) mass is 266 g/mol. The van der Waals surface area contributed by atoms with Gasteiger partial charge in [0.05, 0.1) is 5.69 Å². The Morgan fingerprint density at radius 2 is 2.11 bits per heavy atom. The third kappa shape index (κ3) is 3.25. The number of hydrogen-bond acceptors (Lipinski definition) is 3. The van der Waals surface area contributed by atoms with Crippen molar-refractivity contribution >= 4 is 5.69 Å². The van der Waals surface area contributed by atoms with E-state index in [2.05, 4.69) is 23.8 Å². The van der Waals surface area contributed by atoms with Crippen molar-refractivity contribution in [2.75, 3.05) is 31.6 Å². The number of rotatable bonds is 3. The standard InChI is InChI=1S/C15H23FN2O/c1-12-7-9-18(13(8-10-19)11-17(12)2)15-6-4-3-5-14(15)16/h3-6,12-13,19H,7-11H2,1-2H3. The number of hydrogen-bond donors (Lipinski definition) is 1. The summed E-state index contributed by atoms with van der Waals surface area (Å²) in [6.45, 7) is 4.02. The van der Waals surface area contributed by atoms with E-state index in [1.807, 2.05) is 12.1 Å². The van der Waals surface area contributed by atoms with Crippen LogP contribution in [0, 0.1) is 5.82 Å². The van der Waals surface area contributed by atoms with Crippen LogP contribution in [-0.2, 0) is 0 Å². The van der Waals surface area contributed by atoms with Crippen molar-refractivity contribution in [1.82, 2.24) is 4.90 Å². The lowest BCUT2D eigenvalue weighted by Gasteiger charge is -2.33. The van der Waals surface area contributed by atoms with Crippen molar-refractivity contribution in [3.63, 3.8) is 0 Å². The molecule has 1 aromatic rings. The maximum absolute atomic E-state index is 14.0. The summed E-state index contributed by atoms with van der Waals surface area (Å²) in [5.74, 6) is -0.178. The molecule has 0 aromatic heterocycles. The maximum Gasteiger partial charge on any atom is 0.146 e. The third-order valence-electron chi connectivity index (χ3n) is 4.10. The van der Waals surface area contributed by atoms with E-state index in [9.17, 15) is 9.50 Å². The van der Waals surface area contributed by atoms with Gasteiger partial charge >= 0.3 is 0 Å². The summed E-state index contributed by atoms with van der Waals surface area (Å²) in [6.07, 6.45) is 1.68. The van der Waals surface area contributed by atoms with Crippen LogP contribution >= 0.6 is 0 Å². The van der Waals surface area contributed by atoms with Crippen molar-refractivity contribution in [2.24, 2.45) is 0 Å². The molecule has 2 rings (SSSR count). The lowest BCUT2D eigenvalue weighted by Crippen LogP contribution is -2.42. The highest BCUT2D eigenvalue weighted by Crippen LogP contribution is 2.26. The topological polar surface area (TPSA) is 26.7 Å². The number of benzene rings is 1. The van der Waals surface area contributed by atoms with Gasteiger partial charge < -0.3 is 14.9 Å². The molecule has 4 heteroatoms. The molecule has 0 amide bonds. The van der Waals surface area contributed by atoms with Gasteiger partial charge in [-0.05, 0) is 38.9 Å². The van der Waals surface area contributed by atoms with E-state index in [-0.39, 0.29) is 18.5 Å². The maximum atomic E-state index is 14.0. The Labute approximate surface area is 114 Å². The molecule has 0 radical (unpaired) electrons. The summed E-state index contributed by atoms with van der Waals surface area (Å²) >= 11 is 0. The van der Waals surface area contributed by atoms with Crippen LogP contribution in [-0.4, -0.2) is 48.8 Å². The van der Waals surface area contributed by atoms with E-state index in [0.29, 0.717) is 18.2 Å². The van der Waals surface area contributed by atoms with Gasteiger partial charge in [-0.25, -0.2) is 4.39 Å². The Morgan fingerprint density at radius 1 is 1.37 bits per heavy atom. The van der Waals surface area contributed by atoms with E-state index in [1.165, 1.54) is 6.07 Å². The van der Waals surface area contributed by atoms with Crippen molar-refractivity contribution in [3.05, 3.63) is 30.1 Å². The van der Waals surface area contributed by atoms with Gasteiger partial charge in [0.1, 0.15) is 5.82 Å². The molecule has 0 bridgehead atoms. The molecule has 2 atom stereocenters. The first-order chi connectivity index (χ1) is 9.13. The molecule has 1 aromatic carbocycles. The highest BCUT2D eigenvalue weighted by atomic mass is 19.1. The molecule has 106 valence electrons. The average molecular weight is 266 g/mol. The van der Waals surface area contributed by atoms with Gasteiger partial charge in [0.15, 0.2) is 0 Å². The zero-order valence-corrected chi connectivity index (χ0v) is 11.7. The van der Waals surface area contributed by atoms with Gasteiger partial charge in [0.2, 0.25) is 0 Å². The van der Waals surface area contributed by atoms with Crippen LogP contribution in [0.1, 0.15) is 19.8 Å². The van der Waals surface area contributed by atoms with E-state index >= 15 is 0 Å². The molecular weight excluding hydrogens is 243 g/mol. The van der Waals surface area contributed by atoms with Crippen LogP contribution in [0.5, 0.6) is 0 Å². The third-order valence-corrected chi connectivity index (χ3v) is 4.10. The second-order valence-electron chi connectivity index (χ2n) is 5.39. The van der Waals surface area contributed by atoms with Crippen molar-refractivity contribution in [2.45, 2.75) is 31.8 Å². The van der Waals surface area contributed by atoms with E-state index in [0.717, 1.165) is 19.5 Å². The van der Waals surface area contributed by atoms with Gasteiger partial charge in [-0.1, -0.05) is 12.1 Å². The zero-order chi connectivity index (χ0) is 13.8. The summed E-state index contributed by atoms with van der Waals surface area (Å²) in [6, 6.07) is 7.56. The molecule has 2 unspecified atom stereocenters. The van der Waals surface area contributed by atoms with E-state index < -0.39 is 0 Å². The van der Waals surface area contributed by atoms with Crippen LogP contribution in [0.4, 0.5) is 10.1 Å². The van der Waals surface area contributed by atoms with Crippen LogP contribution in [0.2, 0.25) is 0 Å². The van der Waals surface area contributed by atoms with Gasteiger partial charge in [-0.3, -0.25) is 0 Å². The van der Waals surface area contributed by atoms with Crippen LogP contribution in [0.25, 0.3) is 0 Å². The SMILES string of the molecule is CC1CCN(c2ccccc2F)C(CCO)CN1C. The number of aliphatic hydroxyl groups excluding tert-OH is 1. The fourth-order valence-corrected chi connectivity index (χ4v) is 2.74. The minimum absolute atomic E-state index is 0.137. The van der Waals surface area contributed by atoms with Crippen LogP contribution in [0.3, 0.4) is 0 Å². The van der Waals surface area contributed by atoms with Crippen molar-refractivity contribution < 1.29 is 9.50 Å². The Balaban J connectivity index is 2.27. The summed E-state index contributed by atoms with van der Waals surface area (Å²) < 4.78 is 14.0. The summed E-state index contributed by atoms with van der Waals surface area (Å²) in [5.41, 5.74) is 0.656. The van der Waals surface area contributed by atoms with Crippen LogP contribution < -0.4 is 4.90 Å². The van der Waals surface area contributed by atoms with Gasteiger partial charge in [0.25, 0.3) is 0 Å². The van der Waals surface area contributed by atoms with Crippen molar-refractivity contribution in [1.29, 1.82) is 0 Å². The summed E-state index contributed by atoms with van der Waals surface area (Å²) in [4.78, 5) is 4.41. The van der Waals surface area contributed by atoms with Crippen molar-refractivity contribution in [3.8, 4) is 0 Å². The minimum atomic E-state index is -0.178. The number of aliphatic hydroxyl groups is 1. The molecule has 1 fully saturated rings. The predicted octanol–water partition coefficient (Wildman–Crippen LogP) is 2.11. The molecule has 19 heavy (non-hydrogen) atoms. The number of nitrogens with zero attached hydrogens (tertiary/aromatic N) is 2. The lowest BCUT2D eigenvalue weighted by atomic mass is 10.1. The lowest BCUT2D eigenvalue weighted by molar-refractivity contribution is 0.227. The first kappa shape index (κ1) is 14.3. The second-order valence-corrected chi connectivity index (χ2v) is 5.39. The summed E-state index contributed by atoms with van der Waals surface area (Å²) in [7, 11) is 2.10. The largest absolute Gasteiger partial charge is 0.396 e. The Morgan fingerprint density at radius 3 is 2.79 bits per heavy atom. The zero-order valence-electron chi connectivity index (χ0n) is 11.7. The van der Waals surface area contributed by atoms with E-state index in [1.54, 1.807) is 6.07 Å². The quantitative estimate of drug-likeness (QED) is 0.907.